The molecule has 1 nitrogen and oxygen atoms in total. The average Bonchev–Trinajstić information content (AvgIpc) is 3.50. The molecule has 0 bridgehead atoms. The molecule has 6 unspecified atom stereocenters. The normalized spacial score (nSPS) is 29.8. The molecular weight excluding hydrogens is 544 g/mol. The second-order valence-corrected chi connectivity index (χ2v) is 13.7. The van der Waals surface area contributed by atoms with Crippen LogP contribution in [0.2, 0.25) is 0 Å². The van der Waals surface area contributed by atoms with Crippen molar-refractivity contribution >= 4 is 22.6 Å². The van der Waals surface area contributed by atoms with Crippen LogP contribution >= 0.6 is 0 Å². The maximum absolute atomic E-state index is 6.43. The number of para-hydroxylation sites is 1. The van der Waals surface area contributed by atoms with Crippen molar-refractivity contribution in [3.05, 3.63) is 167 Å². The molecule has 6 aliphatic rings. The van der Waals surface area contributed by atoms with Crippen LogP contribution in [0.4, 0.5) is 0 Å². The van der Waals surface area contributed by atoms with Gasteiger partial charge in [0.2, 0.25) is 0 Å². The highest BCUT2D eigenvalue weighted by atomic mass is 16.3. The van der Waals surface area contributed by atoms with Crippen LogP contribution in [0.25, 0.3) is 22.6 Å². The van der Waals surface area contributed by atoms with Gasteiger partial charge in [0.05, 0.1) is 0 Å². The highest BCUT2D eigenvalue weighted by Gasteiger charge is 2.46. The zero-order valence-corrected chi connectivity index (χ0v) is 25.8. The predicted molar refractivity (Wildman–Crippen MR) is 187 cm³/mol. The van der Waals surface area contributed by atoms with E-state index in [0.717, 1.165) is 30.6 Å². The van der Waals surface area contributed by atoms with E-state index in [0.29, 0.717) is 29.6 Å². The molecule has 2 aromatic carbocycles. The first kappa shape index (κ1) is 27.0. The topological polar surface area (TPSA) is 13.1 Å². The summed E-state index contributed by atoms with van der Waals surface area (Å²) in [6, 6.07) is 17.8. The number of hydrogen-bond donors (Lipinski definition) is 0. The summed E-state index contributed by atoms with van der Waals surface area (Å²) in [7, 11) is 0. The molecule has 0 saturated carbocycles. The molecule has 1 heteroatoms. The Kier molecular flexibility index (Phi) is 6.73. The van der Waals surface area contributed by atoms with Crippen molar-refractivity contribution in [3.63, 3.8) is 0 Å². The molecule has 0 N–H and O–H groups in total. The third-order valence-corrected chi connectivity index (χ3v) is 11.3. The van der Waals surface area contributed by atoms with Crippen molar-refractivity contribution < 1.29 is 4.42 Å². The highest BCUT2D eigenvalue weighted by molar-refractivity contribution is 5.89. The lowest BCUT2D eigenvalue weighted by molar-refractivity contribution is 0.169. The zero-order chi connectivity index (χ0) is 29.7. The van der Waals surface area contributed by atoms with E-state index in [1.807, 2.05) is 0 Å². The molecular formula is C44H40O. The Morgan fingerprint density at radius 1 is 0.733 bits per heavy atom. The largest absolute Gasteiger partial charge is 0.460 e. The predicted octanol–water partition coefficient (Wildman–Crippen LogP) is 11.5. The standard InChI is InChI=1S/C44H40O/c1-3-12-31(13-4-1)42-36-17-7-8-18-37(36)43(32-14-5-2-6-15-32)40-28-33(26-27-38(40)42)29-22-24-30(25-23-29)34-19-11-20-39-35-16-9-10-21-41(35)45-44(34)39/h1-3,5,7-12,16-18,20-28,32,34,37-38,40,43H,4,6,13-15,19H2. The van der Waals surface area contributed by atoms with E-state index in [4.69, 9.17) is 4.42 Å². The molecule has 6 atom stereocenters. The molecule has 45 heavy (non-hydrogen) atoms. The molecule has 0 saturated heterocycles. The fourth-order valence-electron chi connectivity index (χ4n) is 9.27. The quantitative estimate of drug-likeness (QED) is 0.278. The third-order valence-electron chi connectivity index (χ3n) is 11.3. The number of fused-ring (bicyclic) bond motifs is 5. The minimum atomic E-state index is 0.254. The fourth-order valence-corrected chi connectivity index (χ4v) is 9.27. The zero-order valence-electron chi connectivity index (χ0n) is 25.8. The molecule has 0 aliphatic heterocycles. The van der Waals surface area contributed by atoms with Crippen LogP contribution in [-0.2, 0) is 0 Å². The summed E-state index contributed by atoms with van der Waals surface area (Å²) < 4.78 is 6.43. The van der Waals surface area contributed by atoms with Crippen LogP contribution < -0.4 is 0 Å². The molecule has 3 aromatic rings. The number of allylic oxidation sites excluding steroid dienone is 17. The summed E-state index contributed by atoms with van der Waals surface area (Å²) >= 11 is 0. The second kappa shape index (κ2) is 11.2. The van der Waals surface area contributed by atoms with Crippen molar-refractivity contribution in [2.24, 2.45) is 29.6 Å². The van der Waals surface area contributed by atoms with Crippen molar-refractivity contribution in [2.45, 2.75) is 44.4 Å². The van der Waals surface area contributed by atoms with Crippen LogP contribution in [0.1, 0.15) is 66.9 Å². The number of benzene rings is 2. The van der Waals surface area contributed by atoms with Gasteiger partial charge in [0.1, 0.15) is 11.3 Å². The Hall–Kier alpha value is -4.36. The first-order valence-electron chi connectivity index (χ1n) is 17.1. The molecule has 0 radical (unpaired) electrons. The van der Waals surface area contributed by atoms with Crippen LogP contribution in [-0.4, -0.2) is 0 Å². The molecule has 0 amide bonds. The fraction of sp³-hybridized carbons (Fsp3) is 0.273. The molecule has 1 aromatic heterocycles. The van der Waals surface area contributed by atoms with Gasteiger partial charge in [-0.1, -0.05) is 128 Å². The van der Waals surface area contributed by atoms with Gasteiger partial charge in [0.15, 0.2) is 0 Å². The first-order chi connectivity index (χ1) is 22.3. The number of furan rings is 1. The monoisotopic (exact) mass is 584 g/mol. The van der Waals surface area contributed by atoms with Gasteiger partial charge in [-0.3, -0.25) is 0 Å². The third kappa shape index (κ3) is 4.59. The van der Waals surface area contributed by atoms with Crippen molar-refractivity contribution in [1.82, 2.24) is 0 Å². The summed E-state index contributed by atoms with van der Waals surface area (Å²) in [6.07, 6.45) is 40.6. The molecule has 0 spiro atoms. The van der Waals surface area contributed by atoms with Gasteiger partial charge in [-0.2, -0.15) is 0 Å². The van der Waals surface area contributed by atoms with Gasteiger partial charge in [0.25, 0.3) is 0 Å². The Morgan fingerprint density at radius 3 is 2.53 bits per heavy atom. The smallest absolute Gasteiger partial charge is 0.134 e. The molecule has 1 heterocycles. The van der Waals surface area contributed by atoms with E-state index in [1.165, 1.54) is 46.9 Å². The lowest BCUT2D eigenvalue weighted by Gasteiger charge is -2.49. The van der Waals surface area contributed by atoms with E-state index >= 15 is 0 Å². The lowest BCUT2D eigenvalue weighted by atomic mass is 9.55. The molecule has 222 valence electrons. The lowest BCUT2D eigenvalue weighted by Crippen LogP contribution is -2.40. The van der Waals surface area contributed by atoms with E-state index in [-0.39, 0.29) is 5.92 Å². The Balaban J connectivity index is 1.08. The van der Waals surface area contributed by atoms with E-state index in [9.17, 15) is 0 Å². The van der Waals surface area contributed by atoms with Crippen LogP contribution in [0, 0.1) is 29.6 Å². The van der Waals surface area contributed by atoms with Gasteiger partial charge in [-0.15, -0.1) is 0 Å². The van der Waals surface area contributed by atoms with Gasteiger partial charge in [-0.25, -0.2) is 0 Å². The number of hydrogen-bond acceptors (Lipinski definition) is 1. The van der Waals surface area contributed by atoms with E-state index in [1.54, 1.807) is 16.7 Å². The molecule has 0 fully saturated rings. The highest BCUT2D eigenvalue weighted by Crippen LogP contribution is 2.55. The summed E-state index contributed by atoms with van der Waals surface area (Å²) in [5.41, 5.74) is 11.0. The van der Waals surface area contributed by atoms with Crippen LogP contribution in [0.15, 0.2) is 149 Å². The van der Waals surface area contributed by atoms with E-state index < -0.39 is 0 Å². The van der Waals surface area contributed by atoms with Gasteiger partial charge >= 0.3 is 0 Å². The van der Waals surface area contributed by atoms with E-state index in [2.05, 4.69) is 134 Å². The average molecular weight is 585 g/mol. The SMILES string of the molecule is C1=CCCC(C2=C3C=CC=CC3C(C3CC=CCC3)C3C=C(c4ccc(C5CC=Cc6c5oc5ccccc65)cc4)C=CC23)=C1. The summed E-state index contributed by atoms with van der Waals surface area (Å²) in [6.45, 7) is 0. The first-order valence-corrected chi connectivity index (χ1v) is 17.1. The minimum Gasteiger partial charge on any atom is -0.460 e. The van der Waals surface area contributed by atoms with Gasteiger partial charge in [-0.05, 0) is 95.8 Å². The Labute approximate surface area is 267 Å². The maximum Gasteiger partial charge on any atom is 0.134 e. The molecule has 6 aliphatic carbocycles. The Bertz CT molecular complexity index is 1920. The minimum absolute atomic E-state index is 0.254. The van der Waals surface area contributed by atoms with Crippen LogP contribution in [0.5, 0.6) is 0 Å². The van der Waals surface area contributed by atoms with Crippen molar-refractivity contribution in [2.75, 3.05) is 0 Å². The molecule has 9 rings (SSSR count). The summed E-state index contributed by atoms with van der Waals surface area (Å²) in [4.78, 5) is 0. The van der Waals surface area contributed by atoms with Gasteiger partial charge < -0.3 is 4.42 Å². The Morgan fingerprint density at radius 2 is 1.67 bits per heavy atom. The van der Waals surface area contributed by atoms with Crippen molar-refractivity contribution in [3.8, 4) is 0 Å². The van der Waals surface area contributed by atoms with Crippen molar-refractivity contribution in [1.29, 1.82) is 0 Å². The maximum atomic E-state index is 6.43. The second-order valence-electron chi connectivity index (χ2n) is 13.7. The van der Waals surface area contributed by atoms with Crippen LogP contribution in [0.3, 0.4) is 0 Å². The van der Waals surface area contributed by atoms with Gasteiger partial charge in [0, 0.05) is 28.7 Å². The number of rotatable bonds is 4. The summed E-state index contributed by atoms with van der Waals surface area (Å²) in [5.74, 6) is 4.10. The summed E-state index contributed by atoms with van der Waals surface area (Å²) in [5, 5.41) is 1.22.